The van der Waals surface area contributed by atoms with Gasteiger partial charge in [-0.2, -0.15) is 0 Å². The van der Waals surface area contributed by atoms with Gasteiger partial charge in [0.2, 0.25) is 5.43 Å². The van der Waals surface area contributed by atoms with Crippen molar-refractivity contribution in [3.05, 3.63) is 57.5 Å². The van der Waals surface area contributed by atoms with Gasteiger partial charge in [-0.05, 0) is 43.4 Å². The summed E-state index contributed by atoms with van der Waals surface area (Å²) >= 11 is 0. The largest absolute Gasteiger partial charge is 0.493 e. The van der Waals surface area contributed by atoms with Gasteiger partial charge in [0.1, 0.15) is 11.1 Å². The monoisotopic (exact) mass is 467 g/mol. The molecule has 2 aromatic rings. The summed E-state index contributed by atoms with van der Waals surface area (Å²) in [7, 11) is 3.11. The Morgan fingerprint density at radius 1 is 0.912 bits per heavy atom. The third-order valence-corrected chi connectivity index (χ3v) is 6.59. The van der Waals surface area contributed by atoms with Crippen molar-refractivity contribution in [3.8, 4) is 11.5 Å². The molecule has 4 rings (SSSR count). The Kier molecular flexibility index (Phi) is 7.55. The average molecular weight is 468 g/mol. The van der Waals surface area contributed by atoms with E-state index in [4.69, 9.17) is 9.47 Å². The van der Waals surface area contributed by atoms with Gasteiger partial charge >= 0.3 is 0 Å². The van der Waals surface area contributed by atoms with Gasteiger partial charge in [-0.25, -0.2) is 0 Å². The van der Waals surface area contributed by atoms with Gasteiger partial charge in [0, 0.05) is 31.0 Å². The SMILES string of the molecule is COc1ccc(CNC(=O)c2cn(C3CC3)cc(C(=O)NC3CCCCCC3)c2=O)cc1OC. The zero-order valence-corrected chi connectivity index (χ0v) is 19.9. The lowest BCUT2D eigenvalue weighted by atomic mass is 10.1. The second-order valence-corrected chi connectivity index (χ2v) is 9.13. The van der Waals surface area contributed by atoms with E-state index >= 15 is 0 Å². The summed E-state index contributed by atoms with van der Waals surface area (Å²) in [5.41, 5.74) is 0.291. The van der Waals surface area contributed by atoms with Crippen molar-refractivity contribution >= 4 is 11.8 Å². The second-order valence-electron chi connectivity index (χ2n) is 9.13. The fourth-order valence-corrected chi connectivity index (χ4v) is 4.46. The summed E-state index contributed by atoms with van der Waals surface area (Å²) in [6, 6.07) is 5.66. The smallest absolute Gasteiger partial charge is 0.257 e. The topological polar surface area (TPSA) is 98.7 Å². The maximum Gasteiger partial charge on any atom is 0.257 e. The number of amides is 2. The predicted molar refractivity (Wildman–Crippen MR) is 129 cm³/mol. The molecular weight excluding hydrogens is 434 g/mol. The molecule has 182 valence electrons. The number of methoxy groups -OCH3 is 2. The molecule has 2 amide bonds. The van der Waals surface area contributed by atoms with Crippen LogP contribution in [-0.2, 0) is 6.54 Å². The predicted octanol–water partition coefficient (Wildman–Crippen LogP) is 3.58. The fraction of sp³-hybridized carbons (Fsp3) is 0.500. The first-order chi connectivity index (χ1) is 16.5. The Bertz CT molecular complexity index is 1100. The number of aromatic nitrogens is 1. The van der Waals surface area contributed by atoms with Crippen LogP contribution >= 0.6 is 0 Å². The van der Waals surface area contributed by atoms with E-state index < -0.39 is 11.3 Å². The highest BCUT2D eigenvalue weighted by Crippen LogP contribution is 2.34. The lowest BCUT2D eigenvalue weighted by Crippen LogP contribution is -2.39. The van der Waals surface area contributed by atoms with Crippen LogP contribution in [0.2, 0.25) is 0 Å². The number of pyridine rings is 1. The summed E-state index contributed by atoms with van der Waals surface area (Å²) in [4.78, 5) is 39.2. The molecule has 1 aromatic carbocycles. The van der Waals surface area contributed by atoms with Crippen LogP contribution in [0, 0.1) is 0 Å². The third kappa shape index (κ3) is 5.61. The van der Waals surface area contributed by atoms with Crippen LogP contribution in [-0.4, -0.2) is 36.6 Å². The summed E-state index contributed by atoms with van der Waals surface area (Å²) in [6.07, 6.45) is 11.5. The molecule has 0 saturated heterocycles. The number of hydrogen-bond acceptors (Lipinski definition) is 5. The number of carbonyl (C=O) groups excluding carboxylic acids is 2. The maximum absolute atomic E-state index is 13.2. The second kappa shape index (κ2) is 10.8. The Labute approximate surface area is 199 Å². The standard InChI is InChI=1S/C26H33N3O5/c1-33-22-12-9-17(13-23(22)34-2)14-27-25(31)20-15-29(19-10-11-19)16-21(24(20)30)26(32)28-18-7-5-3-4-6-8-18/h9,12-13,15-16,18-19H,3-8,10-11,14H2,1-2H3,(H,27,31)(H,28,32). The first-order valence-corrected chi connectivity index (χ1v) is 12.1. The fourth-order valence-electron chi connectivity index (χ4n) is 4.46. The highest BCUT2D eigenvalue weighted by molar-refractivity contribution is 5.99. The van der Waals surface area contributed by atoms with Gasteiger partial charge < -0.3 is 24.7 Å². The summed E-state index contributed by atoms with van der Waals surface area (Å²) in [5, 5.41) is 5.85. The van der Waals surface area contributed by atoms with Crippen molar-refractivity contribution in [1.29, 1.82) is 0 Å². The van der Waals surface area contributed by atoms with Gasteiger partial charge in [-0.15, -0.1) is 0 Å². The zero-order chi connectivity index (χ0) is 24.1. The first-order valence-electron chi connectivity index (χ1n) is 12.1. The minimum Gasteiger partial charge on any atom is -0.493 e. The molecule has 1 heterocycles. The highest BCUT2D eigenvalue weighted by Gasteiger charge is 2.28. The Morgan fingerprint density at radius 2 is 1.56 bits per heavy atom. The highest BCUT2D eigenvalue weighted by atomic mass is 16.5. The van der Waals surface area contributed by atoms with Crippen LogP contribution in [0.5, 0.6) is 11.5 Å². The van der Waals surface area contributed by atoms with Crippen LogP contribution < -0.4 is 25.5 Å². The summed E-state index contributed by atoms with van der Waals surface area (Å²) < 4.78 is 12.4. The van der Waals surface area contributed by atoms with Crippen molar-refractivity contribution in [3.63, 3.8) is 0 Å². The normalized spacial score (nSPS) is 16.4. The van der Waals surface area contributed by atoms with Crippen molar-refractivity contribution < 1.29 is 19.1 Å². The van der Waals surface area contributed by atoms with E-state index in [1.165, 1.54) is 12.8 Å². The minimum absolute atomic E-state index is 0.0131. The minimum atomic E-state index is -0.534. The molecule has 2 aliphatic rings. The molecule has 8 heteroatoms. The molecule has 2 saturated carbocycles. The average Bonchev–Trinajstić information content (AvgIpc) is 3.71. The number of hydrogen-bond donors (Lipinski definition) is 2. The molecule has 0 bridgehead atoms. The molecule has 1 aromatic heterocycles. The number of nitrogens with one attached hydrogen (secondary N) is 2. The molecule has 2 fully saturated rings. The Hall–Kier alpha value is -3.29. The van der Waals surface area contributed by atoms with Crippen molar-refractivity contribution in [2.75, 3.05) is 14.2 Å². The van der Waals surface area contributed by atoms with Gasteiger partial charge in [0.05, 0.1) is 14.2 Å². The zero-order valence-electron chi connectivity index (χ0n) is 19.9. The third-order valence-electron chi connectivity index (χ3n) is 6.59. The van der Waals surface area contributed by atoms with Gasteiger partial charge in [0.25, 0.3) is 11.8 Å². The summed E-state index contributed by atoms with van der Waals surface area (Å²) in [6.45, 7) is 0.209. The molecule has 0 spiro atoms. The van der Waals surface area contributed by atoms with Gasteiger partial charge in [0.15, 0.2) is 11.5 Å². The van der Waals surface area contributed by atoms with E-state index in [1.54, 1.807) is 38.7 Å². The molecular formula is C26H33N3O5. The van der Waals surface area contributed by atoms with Gasteiger partial charge in [-0.1, -0.05) is 31.7 Å². The Morgan fingerprint density at radius 3 is 2.18 bits per heavy atom. The van der Waals surface area contributed by atoms with Gasteiger partial charge in [-0.3, -0.25) is 14.4 Å². The number of nitrogens with zero attached hydrogens (tertiary/aromatic N) is 1. The van der Waals surface area contributed by atoms with Crippen LogP contribution in [0.4, 0.5) is 0 Å². The van der Waals surface area contributed by atoms with Crippen molar-refractivity contribution in [1.82, 2.24) is 15.2 Å². The molecule has 2 aliphatic carbocycles. The quantitative estimate of drug-likeness (QED) is 0.578. The number of benzene rings is 1. The lowest BCUT2D eigenvalue weighted by molar-refractivity contribution is 0.0931. The van der Waals surface area contributed by atoms with Crippen molar-refractivity contribution in [2.24, 2.45) is 0 Å². The van der Waals surface area contributed by atoms with E-state index in [2.05, 4.69) is 10.6 Å². The number of ether oxygens (including phenoxy) is 2. The van der Waals surface area contributed by atoms with Crippen LogP contribution in [0.3, 0.4) is 0 Å². The van der Waals surface area contributed by atoms with E-state index in [1.807, 2.05) is 10.6 Å². The number of carbonyl (C=O) groups is 2. The maximum atomic E-state index is 13.2. The van der Waals surface area contributed by atoms with E-state index in [9.17, 15) is 14.4 Å². The van der Waals surface area contributed by atoms with E-state index in [0.29, 0.717) is 11.5 Å². The number of rotatable bonds is 8. The molecule has 0 aliphatic heterocycles. The molecule has 8 nitrogen and oxygen atoms in total. The van der Waals surface area contributed by atoms with Crippen LogP contribution in [0.25, 0.3) is 0 Å². The van der Waals surface area contributed by atoms with Crippen LogP contribution in [0.1, 0.15) is 83.7 Å². The molecule has 34 heavy (non-hydrogen) atoms. The van der Waals surface area contributed by atoms with E-state index in [0.717, 1.165) is 44.1 Å². The molecule has 2 N–H and O–H groups in total. The first kappa shape index (κ1) is 23.9. The molecule has 0 unspecified atom stereocenters. The Balaban J connectivity index is 1.52. The van der Waals surface area contributed by atoms with Crippen molar-refractivity contribution in [2.45, 2.75) is 70.0 Å². The van der Waals surface area contributed by atoms with Crippen LogP contribution in [0.15, 0.2) is 35.4 Å². The molecule has 0 radical (unpaired) electrons. The lowest BCUT2D eigenvalue weighted by Gasteiger charge is -2.17. The molecule has 0 atom stereocenters. The summed E-state index contributed by atoms with van der Waals surface area (Å²) in [5.74, 6) is 0.263. The van der Waals surface area contributed by atoms with E-state index in [-0.39, 0.29) is 35.7 Å².